The Morgan fingerprint density at radius 3 is 2.45 bits per heavy atom. The van der Waals surface area contributed by atoms with E-state index >= 15 is 0 Å². The van der Waals surface area contributed by atoms with Gasteiger partial charge in [0.2, 0.25) is 5.91 Å². The van der Waals surface area contributed by atoms with E-state index < -0.39 is 11.7 Å². The number of benzene rings is 1. The van der Waals surface area contributed by atoms with Crippen LogP contribution in [0.4, 0.5) is 19.0 Å². The molecule has 0 aliphatic rings. The molecule has 0 aliphatic carbocycles. The molecule has 0 radical (unpaired) electrons. The number of rotatable bonds is 7. The Morgan fingerprint density at radius 2 is 1.84 bits per heavy atom. The van der Waals surface area contributed by atoms with E-state index in [0.29, 0.717) is 23.7 Å². The molecule has 2 heterocycles. The molecule has 1 aromatic carbocycles. The van der Waals surface area contributed by atoms with Crippen LogP contribution >= 0.6 is 0 Å². The largest absolute Gasteiger partial charge is 0.416 e. The Hall–Kier alpha value is -3.43. The average molecular weight is 432 g/mol. The van der Waals surface area contributed by atoms with Crippen LogP contribution in [0.15, 0.2) is 36.4 Å². The normalized spacial score (nSPS) is 11.4. The second kappa shape index (κ2) is 9.15. The zero-order valence-electron chi connectivity index (χ0n) is 17.4. The molecule has 0 unspecified atom stereocenters. The lowest BCUT2D eigenvalue weighted by Crippen LogP contribution is -2.30. The average Bonchev–Trinajstić information content (AvgIpc) is 2.98. The topological polar surface area (TPSA) is 84.7 Å². The molecule has 10 heteroatoms. The number of carbonyl (C=O) groups is 1. The molecule has 3 rings (SSSR count). The van der Waals surface area contributed by atoms with Gasteiger partial charge in [-0.1, -0.05) is 18.2 Å². The van der Waals surface area contributed by atoms with Gasteiger partial charge >= 0.3 is 6.18 Å². The molecule has 0 spiro atoms. The quantitative estimate of drug-likeness (QED) is 0.559. The van der Waals surface area contributed by atoms with Crippen LogP contribution in [0.2, 0.25) is 0 Å². The number of aromatic nitrogens is 4. The van der Waals surface area contributed by atoms with Crippen molar-refractivity contribution in [2.24, 2.45) is 0 Å². The summed E-state index contributed by atoms with van der Waals surface area (Å²) in [6, 6.07) is 8.31. The maximum absolute atomic E-state index is 12.8. The van der Waals surface area contributed by atoms with E-state index in [1.54, 1.807) is 16.8 Å². The molecule has 0 fully saturated rings. The highest BCUT2D eigenvalue weighted by atomic mass is 19.4. The Kier molecular flexibility index (Phi) is 6.57. The van der Waals surface area contributed by atoms with Gasteiger partial charge in [-0.3, -0.25) is 4.79 Å². The number of nitrogens with one attached hydrogen (secondary N) is 2. The third-order valence-electron chi connectivity index (χ3n) is 4.89. The SMILES string of the molecule is Cc1nn(-c2ccc(NCCNC(=O)Cc3cccc(C(F)(F)F)c3)nn2)c(C)c1C. The van der Waals surface area contributed by atoms with E-state index in [0.717, 1.165) is 29.1 Å². The van der Waals surface area contributed by atoms with Crippen LogP contribution in [0, 0.1) is 20.8 Å². The van der Waals surface area contributed by atoms with Crippen molar-refractivity contribution in [3.05, 3.63) is 64.5 Å². The highest BCUT2D eigenvalue weighted by molar-refractivity contribution is 5.78. The smallest absolute Gasteiger partial charge is 0.367 e. The number of nitrogens with zero attached hydrogens (tertiary/aromatic N) is 4. The molecule has 0 aliphatic heterocycles. The molecule has 164 valence electrons. The standard InChI is InChI=1S/C21H23F3N6O/c1-13-14(2)29-30(15(13)3)19-8-7-18(27-28-19)25-9-10-26-20(31)12-16-5-4-6-17(11-16)21(22,23)24/h4-8,11H,9-10,12H2,1-3H3,(H,25,27)(H,26,31). The maximum atomic E-state index is 12.8. The van der Waals surface area contributed by atoms with Crippen LogP contribution in [0.25, 0.3) is 5.82 Å². The Bertz CT molecular complexity index is 1060. The van der Waals surface area contributed by atoms with Gasteiger partial charge in [0.25, 0.3) is 0 Å². The first-order chi connectivity index (χ1) is 14.6. The van der Waals surface area contributed by atoms with Gasteiger partial charge in [-0.05, 0) is 50.1 Å². The van der Waals surface area contributed by atoms with Crippen LogP contribution in [-0.2, 0) is 17.4 Å². The molecule has 2 N–H and O–H groups in total. The van der Waals surface area contributed by atoms with Crippen molar-refractivity contribution in [2.45, 2.75) is 33.4 Å². The minimum absolute atomic E-state index is 0.125. The highest BCUT2D eigenvalue weighted by Crippen LogP contribution is 2.29. The molecule has 1 amide bonds. The molecular weight excluding hydrogens is 409 g/mol. The summed E-state index contributed by atoms with van der Waals surface area (Å²) >= 11 is 0. The molecule has 2 aromatic heterocycles. The summed E-state index contributed by atoms with van der Waals surface area (Å²) in [6.07, 6.45) is -4.55. The van der Waals surface area contributed by atoms with Gasteiger partial charge in [-0.25, -0.2) is 4.68 Å². The maximum Gasteiger partial charge on any atom is 0.416 e. The number of amides is 1. The van der Waals surface area contributed by atoms with Gasteiger partial charge < -0.3 is 10.6 Å². The van der Waals surface area contributed by atoms with Gasteiger partial charge in [0.05, 0.1) is 17.7 Å². The minimum Gasteiger partial charge on any atom is -0.367 e. The lowest BCUT2D eigenvalue weighted by atomic mass is 10.1. The van der Waals surface area contributed by atoms with Crippen LogP contribution in [0.3, 0.4) is 0 Å². The third-order valence-corrected chi connectivity index (χ3v) is 4.89. The lowest BCUT2D eigenvalue weighted by Gasteiger charge is -2.10. The fourth-order valence-electron chi connectivity index (χ4n) is 2.97. The van der Waals surface area contributed by atoms with E-state index in [4.69, 9.17) is 0 Å². The number of halogens is 3. The molecule has 0 atom stereocenters. The second-order valence-electron chi connectivity index (χ2n) is 7.14. The summed E-state index contributed by atoms with van der Waals surface area (Å²) in [6.45, 7) is 6.58. The fourth-order valence-corrected chi connectivity index (χ4v) is 2.97. The number of carbonyl (C=O) groups excluding carboxylic acids is 1. The molecular formula is C21H23F3N6O. The predicted octanol–water partition coefficient (Wildman–Crippen LogP) is 3.38. The minimum atomic E-state index is -4.43. The first-order valence-corrected chi connectivity index (χ1v) is 9.69. The number of hydrogen-bond donors (Lipinski definition) is 2. The monoisotopic (exact) mass is 432 g/mol. The van der Waals surface area contributed by atoms with Crippen LogP contribution < -0.4 is 10.6 Å². The Morgan fingerprint density at radius 1 is 1.06 bits per heavy atom. The molecule has 31 heavy (non-hydrogen) atoms. The molecule has 0 saturated carbocycles. The van der Waals surface area contributed by atoms with Gasteiger partial charge in [-0.15, -0.1) is 10.2 Å². The second-order valence-corrected chi connectivity index (χ2v) is 7.14. The van der Waals surface area contributed by atoms with E-state index in [2.05, 4.69) is 25.9 Å². The number of hydrogen-bond acceptors (Lipinski definition) is 5. The summed E-state index contributed by atoms with van der Waals surface area (Å²) in [5.74, 6) is 0.783. The number of alkyl halides is 3. The van der Waals surface area contributed by atoms with Crippen LogP contribution in [-0.4, -0.2) is 39.0 Å². The van der Waals surface area contributed by atoms with Crippen molar-refractivity contribution in [2.75, 3.05) is 18.4 Å². The van der Waals surface area contributed by atoms with Crippen molar-refractivity contribution in [3.63, 3.8) is 0 Å². The summed E-state index contributed by atoms with van der Waals surface area (Å²) in [5, 5.41) is 18.4. The van der Waals surface area contributed by atoms with Crippen molar-refractivity contribution in [1.29, 1.82) is 0 Å². The van der Waals surface area contributed by atoms with Crippen LogP contribution in [0.5, 0.6) is 0 Å². The number of anilines is 1. The number of aryl methyl sites for hydroxylation is 1. The van der Waals surface area contributed by atoms with Crippen molar-refractivity contribution in [3.8, 4) is 5.82 Å². The summed E-state index contributed by atoms with van der Waals surface area (Å²) in [5.41, 5.74) is 2.57. The summed E-state index contributed by atoms with van der Waals surface area (Å²) in [7, 11) is 0. The third kappa shape index (κ3) is 5.59. The first-order valence-electron chi connectivity index (χ1n) is 9.69. The zero-order valence-corrected chi connectivity index (χ0v) is 17.4. The van der Waals surface area contributed by atoms with Crippen LogP contribution in [0.1, 0.15) is 28.1 Å². The van der Waals surface area contributed by atoms with E-state index in [-0.39, 0.29) is 18.9 Å². The Balaban J connectivity index is 1.46. The Labute approximate surface area is 177 Å². The zero-order chi connectivity index (χ0) is 22.6. The lowest BCUT2D eigenvalue weighted by molar-refractivity contribution is -0.137. The van der Waals surface area contributed by atoms with E-state index in [9.17, 15) is 18.0 Å². The molecule has 7 nitrogen and oxygen atoms in total. The fraction of sp³-hybridized carbons (Fsp3) is 0.333. The van der Waals surface area contributed by atoms with Gasteiger partial charge in [0.1, 0.15) is 5.82 Å². The molecule has 3 aromatic rings. The van der Waals surface area contributed by atoms with Gasteiger partial charge in [-0.2, -0.15) is 18.3 Å². The summed E-state index contributed by atoms with van der Waals surface area (Å²) in [4.78, 5) is 12.0. The predicted molar refractivity (Wildman–Crippen MR) is 110 cm³/mol. The first kappa shape index (κ1) is 22.3. The molecule has 0 bridgehead atoms. The van der Waals surface area contributed by atoms with Crippen molar-refractivity contribution in [1.82, 2.24) is 25.3 Å². The summed E-state index contributed by atoms with van der Waals surface area (Å²) < 4.78 is 40.0. The van der Waals surface area contributed by atoms with Gasteiger partial charge in [0.15, 0.2) is 5.82 Å². The van der Waals surface area contributed by atoms with Crippen molar-refractivity contribution >= 4 is 11.7 Å². The van der Waals surface area contributed by atoms with Crippen molar-refractivity contribution < 1.29 is 18.0 Å². The highest BCUT2D eigenvalue weighted by Gasteiger charge is 2.30. The molecule has 0 saturated heterocycles. The van der Waals surface area contributed by atoms with Gasteiger partial charge in [0, 0.05) is 18.8 Å². The van der Waals surface area contributed by atoms with E-state index in [1.165, 1.54) is 12.1 Å². The van der Waals surface area contributed by atoms with E-state index in [1.807, 2.05) is 20.8 Å².